The molecule has 0 spiro atoms. The van der Waals surface area contributed by atoms with E-state index in [1.807, 2.05) is 0 Å². The van der Waals surface area contributed by atoms with Gasteiger partial charge in [0.25, 0.3) is 0 Å². The maximum atomic E-state index is 4.36. The largest absolute Gasteiger partial charge is 0.304 e. The highest BCUT2D eigenvalue weighted by atomic mass is 15.6. The molecule has 0 saturated carbocycles. The Morgan fingerprint density at radius 2 is 0.370 bits per heavy atom. The SMILES string of the molecule is CN1CCN(C(C#CC(N2CCN(C)CC2)(N2CCN(C)CC2)N2CCN(C)CC2)(N2CCN(C)CC2)N2CCN(C)CC2)CC1. The molecule has 0 radical (unpaired) electrons. The standard InChI is InChI=1S/C34H66N12/c1-35-9-21-41(22-10-35)33(42-23-11-36(2)12-24-42,43-25-13-37(3)14-26-43)7-8-34(44-27-15-38(4)16-28-44,45-29-17-39(5)18-30-45)46-31-19-40(6)20-32-46/h9-32H2,1-6H3. The summed E-state index contributed by atoms with van der Waals surface area (Å²) in [6, 6.07) is 0. The average molecular weight is 643 g/mol. The van der Waals surface area contributed by atoms with Crippen LogP contribution in [0.5, 0.6) is 0 Å². The minimum absolute atomic E-state index is 0.402. The van der Waals surface area contributed by atoms with E-state index in [2.05, 4.69) is 113 Å². The van der Waals surface area contributed by atoms with E-state index in [0.717, 1.165) is 157 Å². The average Bonchev–Trinajstić information content (AvgIpc) is 3.07. The zero-order valence-electron chi connectivity index (χ0n) is 30.3. The molecule has 12 heteroatoms. The molecule has 46 heavy (non-hydrogen) atoms. The van der Waals surface area contributed by atoms with Gasteiger partial charge in [-0.1, -0.05) is 0 Å². The maximum absolute atomic E-state index is 4.36. The van der Waals surface area contributed by atoms with E-state index in [0.29, 0.717) is 0 Å². The summed E-state index contributed by atoms with van der Waals surface area (Å²) in [6.07, 6.45) is 0. The first-order valence-electron chi connectivity index (χ1n) is 18.4. The highest BCUT2D eigenvalue weighted by Gasteiger charge is 2.52. The zero-order valence-corrected chi connectivity index (χ0v) is 30.3. The van der Waals surface area contributed by atoms with Crippen LogP contribution in [-0.4, -0.2) is 270 Å². The van der Waals surface area contributed by atoms with E-state index in [1.165, 1.54) is 0 Å². The van der Waals surface area contributed by atoms with Crippen LogP contribution < -0.4 is 0 Å². The van der Waals surface area contributed by atoms with Crippen LogP contribution in [0.15, 0.2) is 0 Å². The Hall–Kier alpha value is -0.920. The van der Waals surface area contributed by atoms with Crippen molar-refractivity contribution in [1.82, 2.24) is 58.8 Å². The topological polar surface area (TPSA) is 38.9 Å². The summed E-state index contributed by atoms with van der Waals surface area (Å²) >= 11 is 0. The predicted octanol–water partition coefficient (Wildman–Crippen LogP) is -2.22. The highest BCUT2D eigenvalue weighted by molar-refractivity contribution is 5.27. The Labute approximate surface area is 281 Å². The van der Waals surface area contributed by atoms with Gasteiger partial charge in [0.1, 0.15) is 0 Å². The summed E-state index contributed by atoms with van der Waals surface area (Å²) in [7, 11) is 13.7. The molecule has 0 aliphatic carbocycles. The Morgan fingerprint density at radius 3 is 0.500 bits per heavy atom. The van der Waals surface area contributed by atoms with Gasteiger partial charge in [0, 0.05) is 157 Å². The van der Waals surface area contributed by atoms with Gasteiger partial charge in [0.2, 0.25) is 0 Å². The van der Waals surface area contributed by atoms with Crippen molar-refractivity contribution in [2.24, 2.45) is 0 Å². The van der Waals surface area contributed by atoms with E-state index >= 15 is 0 Å². The fraction of sp³-hybridized carbons (Fsp3) is 0.941. The fourth-order valence-electron chi connectivity index (χ4n) is 8.55. The molecule has 0 bridgehead atoms. The lowest BCUT2D eigenvalue weighted by molar-refractivity contribution is -0.165. The van der Waals surface area contributed by atoms with Gasteiger partial charge in [-0.25, -0.2) is 0 Å². The van der Waals surface area contributed by atoms with E-state index in [-0.39, 0.29) is 0 Å². The van der Waals surface area contributed by atoms with Crippen molar-refractivity contribution in [1.29, 1.82) is 0 Å². The summed E-state index contributed by atoms with van der Waals surface area (Å²) in [4.78, 5) is 31.9. The first-order chi connectivity index (χ1) is 22.2. The van der Waals surface area contributed by atoms with Crippen molar-refractivity contribution in [3.63, 3.8) is 0 Å². The van der Waals surface area contributed by atoms with Gasteiger partial charge in [0.15, 0.2) is 11.6 Å². The van der Waals surface area contributed by atoms with Crippen LogP contribution in [0.3, 0.4) is 0 Å². The van der Waals surface area contributed by atoms with Gasteiger partial charge in [0.05, 0.1) is 0 Å². The van der Waals surface area contributed by atoms with Crippen LogP contribution in [0.4, 0.5) is 0 Å². The molecule has 0 aromatic carbocycles. The lowest BCUT2D eigenvalue weighted by Crippen LogP contribution is -2.77. The smallest absolute Gasteiger partial charge is 0.196 e. The van der Waals surface area contributed by atoms with Crippen LogP contribution in [0.2, 0.25) is 0 Å². The molecule has 12 nitrogen and oxygen atoms in total. The molecule has 6 fully saturated rings. The van der Waals surface area contributed by atoms with E-state index in [4.69, 9.17) is 0 Å². The molecular weight excluding hydrogens is 576 g/mol. The van der Waals surface area contributed by atoms with Crippen LogP contribution >= 0.6 is 0 Å². The highest BCUT2D eigenvalue weighted by Crippen LogP contribution is 2.33. The fourth-order valence-corrected chi connectivity index (χ4v) is 8.55. The summed E-state index contributed by atoms with van der Waals surface area (Å²) in [6.45, 7) is 26.0. The van der Waals surface area contributed by atoms with Crippen molar-refractivity contribution < 1.29 is 0 Å². The molecule has 6 rings (SSSR count). The first kappa shape index (κ1) is 34.9. The molecule has 0 aromatic rings. The summed E-state index contributed by atoms with van der Waals surface area (Å²) in [5, 5.41) is 0. The van der Waals surface area contributed by atoms with Crippen molar-refractivity contribution in [3.8, 4) is 11.8 Å². The van der Waals surface area contributed by atoms with Crippen molar-refractivity contribution in [3.05, 3.63) is 0 Å². The Bertz CT molecular complexity index is 811. The minimum Gasteiger partial charge on any atom is -0.304 e. The van der Waals surface area contributed by atoms with Gasteiger partial charge >= 0.3 is 0 Å². The molecule has 262 valence electrons. The Morgan fingerprint density at radius 1 is 0.239 bits per heavy atom. The van der Waals surface area contributed by atoms with Crippen LogP contribution in [0.1, 0.15) is 0 Å². The summed E-state index contributed by atoms with van der Waals surface area (Å²) in [5.74, 6) is 7.92. The molecule has 6 aliphatic rings. The molecule has 6 heterocycles. The summed E-state index contributed by atoms with van der Waals surface area (Å²) < 4.78 is 0. The number of likely N-dealkylation sites (N-methyl/N-ethyl adjacent to an activating group) is 6. The predicted molar refractivity (Wildman–Crippen MR) is 188 cm³/mol. The van der Waals surface area contributed by atoms with Gasteiger partial charge < -0.3 is 29.4 Å². The van der Waals surface area contributed by atoms with Crippen molar-refractivity contribution >= 4 is 0 Å². The molecule has 6 aliphatic heterocycles. The first-order valence-corrected chi connectivity index (χ1v) is 18.4. The lowest BCUT2D eigenvalue weighted by atomic mass is 10.0. The molecule has 0 unspecified atom stereocenters. The third-order valence-corrected chi connectivity index (χ3v) is 12.1. The third kappa shape index (κ3) is 7.32. The van der Waals surface area contributed by atoms with Crippen molar-refractivity contribution in [2.45, 2.75) is 11.6 Å². The number of rotatable bonds is 6. The summed E-state index contributed by atoms with van der Waals surface area (Å²) in [5.41, 5.74) is 0. The van der Waals surface area contributed by atoms with Crippen LogP contribution in [0.25, 0.3) is 0 Å². The number of hydrogen-bond acceptors (Lipinski definition) is 12. The van der Waals surface area contributed by atoms with Crippen LogP contribution in [0, 0.1) is 11.8 Å². The second kappa shape index (κ2) is 15.3. The molecule has 0 aromatic heterocycles. The van der Waals surface area contributed by atoms with Gasteiger partial charge in [-0.3, -0.25) is 29.4 Å². The van der Waals surface area contributed by atoms with Gasteiger partial charge in [-0.15, -0.1) is 0 Å². The monoisotopic (exact) mass is 643 g/mol. The quantitative estimate of drug-likeness (QED) is 0.295. The maximum Gasteiger partial charge on any atom is 0.196 e. The molecule has 0 N–H and O–H groups in total. The lowest BCUT2D eigenvalue weighted by Gasteiger charge is -2.59. The van der Waals surface area contributed by atoms with Gasteiger partial charge in [-0.2, -0.15) is 0 Å². The van der Waals surface area contributed by atoms with E-state index in [9.17, 15) is 0 Å². The van der Waals surface area contributed by atoms with E-state index < -0.39 is 11.6 Å². The van der Waals surface area contributed by atoms with Gasteiger partial charge in [-0.05, 0) is 54.1 Å². The third-order valence-electron chi connectivity index (χ3n) is 12.1. The van der Waals surface area contributed by atoms with Crippen LogP contribution in [-0.2, 0) is 0 Å². The number of piperazine rings is 6. The molecular formula is C34H66N12. The second-order valence-corrected chi connectivity index (χ2v) is 15.3. The second-order valence-electron chi connectivity index (χ2n) is 15.3. The molecule has 0 amide bonds. The van der Waals surface area contributed by atoms with Crippen molar-refractivity contribution in [2.75, 3.05) is 199 Å². The molecule has 0 atom stereocenters. The normalized spacial score (nSPS) is 29.3. The molecule has 6 saturated heterocycles. The Kier molecular flexibility index (Phi) is 11.6. The zero-order chi connectivity index (χ0) is 32.3. The Balaban J connectivity index is 1.50. The number of hydrogen-bond donors (Lipinski definition) is 0. The minimum atomic E-state index is -0.402. The van der Waals surface area contributed by atoms with E-state index in [1.54, 1.807) is 0 Å². The number of nitrogens with zero attached hydrogens (tertiary/aromatic N) is 12.